The number of pyridine rings is 1. The number of hydrogen-bond donors (Lipinski definition) is 1. The second-order valence-corrected chi connectivity index (χ2v) is 4.71. The van der Waals surface area contributed by atoms with Crippen LogP contribution >= 0.6 is 34.8 Å². The van der Waals surface area contributed by atoms with E-state index in [0.717, 1.165) is 5.56 Å². The Morgan fingerprint density at radius 3 is 2.33 bits per heavy atom. The van der Waals surface area contributed by atoms with Crippen LogP contribution in [0.15, 0.2) is 16.9 Å². The second-order valence-electron chi connectivity index (χ2n) is 2.43. The van der Waals surface area contributed by atoms with Gasteiger partial charge in [0.25, 0.3) is 0 Å². The fourth-order valence-electron chi connectivity index (χ4n) is 0.834. The van der Waals surface area contributed by atoms with Gasteiger partial charge in [0.15, 0.2) is 0 Å². The van der Waals surface area contributed by atoms with E-state index in [0.29, 0.717) is 0 Å². The van der Waals surface area contributed by atoms with Crippen LogP contribution in [0.2, 0.25) is 0 Å². The summed E-state index contributed by atoms with van der Waals surface area (Å²) in [5.74, 6) is 0. The van der Waals surface area contributed by atoms with Gasteiger partial charge in [-0.25, -0.2) is 0 Å². The fraction of sp³-hybridized carbons (Fsp3) is 0.286. The van der Waals surface area contributed by atoms with E-state index in [2.05, 4.69) is 4.98 Å². The summed E-state index contributed by atoms with van der Waals surface area (Å²) in [7, 11) is 0. The van der Waals surface area contributed by atoms with Gasteiger partial charge >= 0.3 is 0 Å². The molecule has 0 saturated carbocycles. The number of aromatic amines is 1. The number of aromatic nitrogens is 1. The monoisotopic (exact) mass is 225 g/mol. The van der Waals surface area contributed by atoms with E-state index in [1.54, 1.807) is 13.0 Å². The minimum Gasteiger partial charge on any atom is -0.322 e. The first-order valence-electron chi connectivity index (χ1n) is 3.18. The van der Waals surface area contributed by atoms with Gasteiger partial charge in [-0.1, -0.05) is 34.8 Å². The zero-order chi connectivity index (χ0) is 9.35. The van der Waals surface area contributed by atoms with Crippen LogP contribution in [0.25, 0.3) is 0 Å². The Balaban J connectivity index is 3.27. The van der Waals surface area contributed by atoms with Gasteiger partial charge in [-0.15, -0.1) is 0 Å². The minimum atomic E-state index is -1.56. The number of halogens is 3. The van der Waals surface area contributed by atoms with Crippen molar-refractivity contribution in [2.45, 2.75) is 10.7 Å². The minimum absolute atomic E-state index is 0.267. The fourth-order valence-corrected chi connectivity index (χ4v) is 1.14. The van der Waals surface area contributed by atoms with Crippen LogP contribution in [0.3, 0.4) is 0 Å². The summed E-state index contributed by atoms with van der Waals surface area (Å²) in [5, 5.41) is 0. The lowest BCUT2D eigenvalue weighted by molar-refractivity contribution is 1.04. The molecule has 12 heavy (non-hydrogen) atoms. The summed E-state index contributed by atoms with van der Waals surface area (Å²) in [6.07, 6.45) is 0. The van der Waals surface area contributed by atoms with E-state index in [1.165, 1.54) is 6.07 Å². The molecule has 1 heterocycles. The third kappa shape index (κ3) is 2.41. The molecule has 0 saturated heterocycles. The SMILES string of the molecule is Cc1cc(C(Cl)(Cl)Cl)[nH]c(=O)c1. The maximum absolute atomic E-state index is 10.9. The van der Waals surface area contributed by atoms with Crippen molar-refractivity contribution in [3.8, 4) is 0 Å². The molecular weight excluding hydrogens is 220 g/mol. The van der Waals surface area contributed by atoms with E-state index in [1.807, 2.05) is 0 Å². The average molecular weight is 226 g/mol. The Labute approximate surface area is 84.5 Å². The molecule has 0 aliphatic carbocycles. The highest BCUT2D eigenvalue weighted by Crippen LogP contribution is 2.36. The molecule has 2 nitrogen and oxygen atoms in total. The van der Waals surface area contributed by atoms with Crippen molar-refractivity contribution in [2.24, 2.45) is 0 Å². The van der Waals surface area contributed by atoms with Gasteiger partial charge in [0.1, 0.15) is 0 Å². The highest BCUT2D eigenvalue weighted by atomic mass is 35.6. The molecule has 66 valence electrons. The molecule has 0 unspecified atom stereocenters. The third-order valence-electron chi connectivity index (χ3n) is 1.29. The van der Waals surface area contributed by atoms with Crippen LogP contribution in [-0.2, 0) is 3.79 Å². The van der Waals surface area contributed by atoms with Crippen LogP contribution < -0.4 is 5.56 Å². The highest BCUT2D eigenvalue weighted by Gasteiger charge is 2.23. The summed E-state index contributed by atoms with van der Waals surface area (Å²) in [6, 6.07) is 3.05. The predicted molar refractivity (Wildman–Crippen MR) is 51.0 cm³/mol. The number of nitrogens with one attached hydrogen (secondary N) is 1. The maximum atomic E-state index is 10.9. The lowest BCUT2D eigenvalue weighted by atomic mass is 10.2. The molecule has 1 rings (SSSR count). The van der Waals surface area contributed by atoms with Gasteiger partial charge in [-0.3, -0.25) is 4.79 Å². The molecule has 0 radical (unpaired) electrons. The van der Waals surface area contributed by atoms with Gasteiger partial charge in [-0.2, -0.15) is 0 Å². The van der Waals surface area contributed by atoms with Crippen molar-refractivity contribution in [1.29, 1.82) is 0 Å². The Kier molecular flexibility index (Phi) is 2.71. The van der Waals surface area contributed by atoms with Gasteiger partial charge in [0.2, 0.25) is 9.35 Å². The van der Waals surface area contributed by atoms with Crippen molar-refractivity contribution >= 4 is 34.8 Å². The first-order valence-corrected chi connectivity index (χ1v) is 4.31. The average Bonchev–Trinajstić information content (AvgIpc) is 1.82. The molecule has 0 atom stereocenters. The number of rotatable bonds is 0. The number of aryl methyl sites for hydroxylation is 1. The summed E-state index contributed by atoms with van der Waals surface area (Å²) >= 11 is 16.7. The Bertz CT molecular complexity index is 339. The Hall–Kier alpha value is -0.180. The molecule has 1 aromatic heterocycles. The van der Waals surface area contributed by atoms with Gasteiger partial charge < -0.3 is 4.98 Å². The van der Waals surface area contributed by atoms with Crippen molar-refractivity contribution in [1.82, 2.24) is 4.98 Å². The van der Waals surface area contributed by atoms with Crippen LogP contribution in [0.1, 0.15) is 11.3 Å². The van der Waals surface area contributed by atoms with E-state index < -0.39 is 3.79 Å². The quantitative estimate of drug-likeness (QED) is 0.678. The standard InChI is InChI=1S/C7H6Cl3NO/c1-4-2-5(7(8,9)10)11-6(12)3-4/h2-3H,1H3,(H,11,12). The molecule has 0 fully saturated rings. The normalized spacial score (nSPS) is 11.7. The molecular formula is C7H6Cl3NO. The number of hydrogen-bond acceptors (Lipinski definition) is 1. The zero-order valence-electron chi connectivity index (χ0n) is 6.20. The van der Waals surface area contributed by atoms with Crippen molar-refractivity contribution < 1.29 is 0 Å². The maximum Gasteiger partial charge on any atom is 0.248 e. The summed E-state index contributed by atoms with van der Waals surface area (Å²) in [5.41, 5.74) is 0.786. The summed E-state index contributed by atoms with van der Waals surface area (Å²) in [4.78, 5) is 13.4. The lowest BCUT2D eigenvalue weighted by Crippen LogP contribution is -2.13. The summed E-state index contributed by atoms with van der Waals surface area (Å²) in [6.45, 7) is 1.76. The Morgan fingerprint density at radius 2 is 1.92 bits per heavy atom. The zero-order valence-corrected chi connectivity index (χ0v) is 8.46. The van der Waals surface area contributed by atoms with E-state index in [4.69, 9.17) is 34.8 Å². The first kappa shape index (κ1) is 9.90. The number of H-pyrrole nitrogens is 1. The van der Waals surface area contributed by atoms with E-state index >= 15 is 0 Å². The topological polar surface area (TPSA) is 32.9 Å². The molecule has 0 aliphatic rings. The second kappa shape index (κ2) is 3.29. The molecule has 1 N–H and O–H groups in total. The van der Waals surface area contributed by atoms with E-state index in [9.17, 15) is 4.79 Å². The van der Waals surface area contributed by atoms with Crippen molar-refractivity contribution in [3.63, 3.8) is 0 Å². The van der Waals surface area contributed by atoms with Crippen LogP contribution in [0.5, 0.6) is 0 Å². The first-order chi connectivity index (χ1) is 5.39. The van der Waals surface area contributed by atoms with Crippen LogP contribution in [0.4, 0.5) is 0 Å². The van der Waals surface area contributed by atoms with Crippen molar-refractivity contribution in [2.75, 3.05) is 0 Å². The molecule has 0 aromatic carbocycles. The Morgan fingerprint density at radius 1 is 1.33 bits per heavy atom. The lowest BCUT2D eigenvalue weighted by Gasteiger charge is -2.10. The predicted octanol–water partition coefficient (Wildman–Crippen LogP) is 2.51. The highest BCUT2D eigenvalue weighted by molar-refractivity contribution is 6.66. The largest absolute Gasteiger partial charge is 0.322 e. The molecule has 0 aliphatic heterocycles. The molecule has 1 aromatic rings. The number of alkyl halides is 3. The molecule has 0 spiro atoms. The van der Waals surface area contributed by atoms with Crippen LogP contribution in [-0.4, -0.2) is 4.98 Å². The van der Waals surface area contributed by atoms with Crippen molar-refractivity contribution in [3.05, 3.63) is 33.7 Å². The molecule has 0 bridgehead atoms. The molecule has 5 heteroatoms. The molecule has 0 amide bonds. The van der Waals surface area contributed by atoms with E-state index in [-0.39, 0.29) is 11.3 Å². The summed E-state index contributed by atoms with van der Waals surface area (Å²) < 4.78 is -1.56. The third-order valence-corrected chi connectivity index (χ3v) is 1.90. The smallest absolute Gasteiger partial charge is 0.248 e. The van der Waals surface area contributed by atoms with Gasteiger partial charge in [0.05, 0.1) is 5.69 Å². The van der Waals surface area contributed by atoms with Gasteiger partial charge in [-0.05, 0) is 18.6 Å². The van der Waals surface area contributed by atoms with Crippen LogP contribution in [0, 0.1) is 6.92 Å². The van der Waals surface area contributed by atoms with Gasteiger partial charge in [0, 0.05) is 6.07 Å².